The van der Waals surface area contributed by atoms with Crippen molar-refractivity contribution < 1.29 is 4.74 Å². The van der Waals surface area contributed by atoms with Crippen LogP contribution in [0.1, 0.15) is 57.4 Å². The first-order chi connectivity index (χ1) is 11.3. The molecule has 4 aliphatic carbocycles. The molecule has 4 unspecified atom stereocenters. The van der Waals surface area contributed by atoms with Crippen molar-refractivity contribution in [1.82, 2.24) is 0 Å². The summed E-state index contributed by atoms with van der Waals surface area (Å²) in [7, 11) is 0. The predicted molar refractivity (Wildman–Crippen MR) is 95.0 cm³/mol. The molecule has 0 saturated heterocycles. The normalized spacial score (nSPS) is 39.2. The van der Waals surface area contributed by atoms with E-state index in [9.17, 15) is 0 Å². The van der Waals surface area contributed by atoms with Crippen LogP contribution in [0.5, 0.6) is 0 Å². The average molecular weight is 312 g/mol. The minimum Gasteiger partial charge on any atom is -0.376 e. The van der Waals surface area contributed by atoms with Gasteiger partial charge in [-0.1, -0.05) is 43.7 Å². The maximum Gasteiger partial charge on any atom is 0.0717 e. The molecule has 126 valence electrons. The van der Waals surface area contributed by atoms with Gasteiger partial charge in [-0.2, -0.15) is 0 Å². The Kier molecular flexibility index (Phi) is 4.76. The minimum absolute atomic E-state index is 0.789. The van der Waals surface area contributed by atoms with Gasteiger partial charge in [-0.05, 0) is 79.6 Å². The molecule has 4 fully saturated rings. The third-order valence-corrected chi connectivity index (χ3v) is 7.36. The largest absolute Gasteiger partial charge is 0.376 e. The molecule has 4 atom stereocenters. The van der Waals surface area contributed by atoms with Gasteiger partial charge in [0.05, 0.1) is 13.2 Å². The number of hydrogen-bond acceptors (Lipinski definition) is 1. The van der Waals surface area contributed by atoms with Gasteiger partial charge in [0.25, 0.3) is 0 Å². The third kappa shape index (κ3) is 3.22. The molecule has 5 rings (SSSR count). The molecule has 4 bridgehead atoms. The first kappa shape index (κ1) is 15.7. The third-order valence-electron chi connectivity index (χ3n) is 7.36. The fraction of sp³-hybridized carbons (Fsp3) is 0.727. The molecule has 0 spiro atoms. The molecule has 23 heavy (non-hydrogen) atoms. The Bertz CT molecular complexity index is 488. The molecule has 0 heterocycles. The first-order valence-corrected chi connectivity index (χ1v) is 9.96. The summed E-state index contributed by atoms with van der Waals surface area (Å²) in [5.74, 6) is 5.88. The smallest absolute Gasteiger partial charge is 0.0717 e. The molecular weight excluding hydrogens is 280 g/mol. The lowest BCUT2D eigenvalue weighted by Gasteiger charge is -2.42. The number of ether oxygens (including phenoxy) is 1. The van der Waals surface area contributed by atoms with Crippen molar-refractivity contribution in [2.75, 3.05) is 6.61 Å². The fourth-order valence-electron chi connectivity index (χ4n) is 6.16. The predicted octanol–water partition coefficient (Wildman–Crippen LogP) is 5.69. The number of rotatable bonds is 5. The lowest BCUT2D eigenvalue weighted by molar-refractivity contribution is 0.00372. The Morgan fingerprint density at radius 1 is 0.870 bits per heavy atom. The number of hydrogen-bond donors (Lipinski definition) is 0. The van der Waals surface area contributed by atoms with Crippen LogP contribution in [0.3, 0.4) is 0 Å². The Hall–Kier alpha value is -0.820. The van der Waals surface area contributed by atoms with E-state index in [0.29, 0.717) is 0 Å². The molecule has 1 nitrogen and oxygen atoms in total. The van der Waals surface area contributed by atoms with E-state index in [1.54, 1.807) is 0 Å². The van der Waals surface area contributed by atoms with E-state index in [0.717, 1.165) is 48.7 Å². The molecule has 1 aromatic rings. The van der Waals surface area contributed by atoms with Crippen LogP contribution in [0.2, 0.25) is 0 Å². The van der Waals surface area contributed by atoms with E-state index in [2.05, 4.69) is 37.3 Å². The van der Waals surface area contributed by atoms with E-state index in [1.807, 2.05) is 0 Å². The van der Waals surface area contributed by atoms with Gasteiger partial charge in [-0.3, -0.25) is 0 Å². The number of benzene rings is 1. The molecule has 0 radical (unpaired) electrons. The number of fused-ring (bicyclic) bond motifs is 2. The van der Waals surface area contributed by atoms with Gasteiger partial charge in [-0.25, -0.2) is 0 Å². The molecule has 0 aliphatic heterocycles. The van der Waals surface area contributed by atoms with E-state index >= 15 is 0 Å². The second kappa shape index (κ2) is 6.97. The van der Waals surface area contributed by atoms with Gasteiger partial charge in [0, 0.05) is 0 Å². The van der Waals surface area contributed by atoms with Crippen molar-refractivity contribution in [3.05, 3.63) is 35.9 Å². The SMILES string of the molecule is CCC1CC(COCc2ccccc2)C2CC1C1CCC2CC1. The van der Waals surface area contributed by atoms with Crippen LogP contribution in [-0.4, -0.2) is 6.61 Å². The van der Waals surface area contributed by atoms with Crippen LogP contribution < -0.4 is 0 Å². The monoisotopic (exact) mass is 312 g/mol. The molecule has 4 saturated carbocycles. The summed E-state index contributed by atoms with van der Waals surface area (Å²) in [4.78, 5) is 0. The Morgan fingerprint density at radius 3 is 2.17 bits per heavy atom. The van der Waals surface area contributed by atoms with Crippen molar-refractivity contribution in [2.24, 2.45) is 35.5 Å². The molecule has 0 aromatic heterocycles. The van der Waals surface area contributed by atoms with Gasteiger partial charge in [0.1, 0.15) is 0 Å². The second-order valence-electron chi connectivity index (χ2n) is 8.40. The van der Waals surface area contributed by atoms with Crippen LogP contribution in [0.15, 0.2) is 30.3 Å². The lowest BCUT2D eigenvalue weighted by atomic mass is 9.64. The first-order valence-electron chi connectivity index (χ1n) is 9.96. The maximum atomic E-state index is 6.19. The molecular formula is C22H32O. The summed E-state index contributed by atoms with van der Waals surface area (Å²) >= 11 is 0. The van der Waals surface area contributed by atoms with E-state index in [-0.39, 0.29) is 0 Å². The van der Waals surface area contributed by atoms with E-state index < -0.39 is 0 Å². The summed E-state index contributed by atoms with van der Waals surface area (Å²) in [5.41, 5.74) is 1.31. The highest BCUT2D eigenvalue weighted by atomic mass is 16.5. The zero-order valence-corrected chi connectivity index (χ0v) is 14.6. The summed E-state index contributed by atoms with van der Waals surface area (Å²) in [6.45, 7) is 4.20. The zero-order chi connectivity index (χ0) is 15.6. The van der Waals surface area contributed by atoms with Crippen molar-refractivity contribution in [3.8, 4) is 0 Å². The summed E-state index contributed by atoms with van der Waals surface area (Å²) < 4.78 is 6.19. The van der Waals surface area contributed by atoms with Gasteiger partial charge in [0.2, 0.25) is 0 Å². The Morgan fingerprint density at radius 2 is 1.52 bits per heavy atom. The second-order valence-corrected chi connectivity index (χ2v) is 8.40. The summed E-state index contributed by atoms with van der Waals surface area (Å²) in [6.07, 6.45) is 10.4. The maximum absolute atomic E-state index is 6.19. The van der Waals surface area contributed by atoms with Crippen LogP contribution in [0, 0.1) is 35.5 Å². The van der Waals surface area contributed by atoms with Crippen LogP contribution in [-0.2, 0) is 11.3 Å². The summed E-state index contributed by atoms with van der Waals surface area (Å²) in [6, 6.07) is 10.7. The van der Waals surface area contributed by atoms with Crippen molar-refractivity contribution >= 4 is 0 Å². The van der Waals surface area contributed by atoms with Crippen LogP contribution >= 0.6 is 0 Å². The molecule has 0 amide bonds. The molecule has 1 heteroatoms. The van der Waals surface area contributed by atoms with Gasteiger partial charge < -0.3 is 4.74 Å². The van der Waals surface area contributed by atoms with E-state index in [4.69, 9.17) is 4.74 Å². The topological polar surface area (TPSA) is 9.23 Å². The highest BCUT2D eigenvalue weighted by molar-refractivity contribution is 5.13. The van der Waals surface area contributed by atoms with Crippen LogP contribution in [0.25, 0.3) is 0 Å². The van der Waals surface area contributed by atoms with Gasteiger partial charge in [0.15, 0.2) is 0 Å². The molecule has 4 aliphatic rings. The Labute approximate surface area is 141 Å². The van der Waals surface area contributed by atoms with E-state index in [1.165, 1.54) is 50.5 Å². The fourth-order valence-corrected chi connectivity index (χ4v) is 6.16. The highest BCUT2D eigenvalue weighted by Crippen LogP contribution is 2.55. The van der Waals surface area contributed by atoms with Gasteiger partial charge >= 0.3 is 0 Å². The minimum atomic E-state index is 0.789. The van der Waals surface area contributed by atoms with Crippen molar-refractivity contribution in [2.45, 2.75) is 58.5 Å². The summed E-state index contributed by atoms with van der Waals surface area (Å²) in [5, 5.41) is 0. The lowest BCUT2D eigenvalue weighted by Crippen LogP contribution is -2.36. The van der Waals surface area contributed by atoms with Crippen molar-refractivity contribution in [1.29, 1.82) is 0 Å². The standard InChI is InChI=1S/C22H32O/c1-2-17-12-20(15-23-14-16-6-4-3-5-7-16)22-13-21(17)18-8-10-19(22)11-9-18/h3-7,17-22H,2,8-15H2,1H3. The highest BCUT2D eigenvalue weighted by Gasteiger charge is 2.47. The van der Waals surface area contributed by atoms with Crippen LogP contribution in [0.4, 0.5) is 0 Å². The molecule has 1 aromatic carbocycles. The van der Waals surface area contributed by atoms with Crippen molar-refractivity contribution in [3.63, 3.8) is 0 Å². The van der Waals surface area contributed by atoms with Gasteiger partial charge in [-0.15, -0.1) is 0 Å². The quantitative estimate of drug-likeness (QED) is 0.678. The zero-order valence-electron chi connectivity index (χ0n) is 14.6. The Balaban J connectivity index is 1.41. The molecule has 0 N–H and O–H groups in total. The average Bonchev–Trinajstić information content (AvgIpc) is 2.86.